The topological polar surface area (TPSA) is 80.0 Å². The quantitative estimate of drug-likeness (QED) is 0.247. The number of ketones is 1. The zero-order valence-electron chi connectivity index (χ0n) is 20.4. The molecule has 1 saturated heterocycles. The molecule has 2 aromatic carbocycles. The van der Waals surface area contributed by atoms with E-state index in [2.05, 4.69) is 0 Å². The van der Waals surface area contributed by atoms with E-state index in [-0.39, 0.29) is 16.7 Å². The number of Topliss-reactive ketones (excluding diaryl/α,β-unsaturated/α-hetero) is 1. The van der Waals surface area contributed by atoms with Crippen LogP contribution in [0, 0.1) is 6.92 Å². The van der Waals surface area contributed by atoms with E-state index in [1.807, 2.05) is 34.6 Å². The second-order valence-corrected chi connectivity index (χ2v) is 9.95. The zero-order chi connectivity index (χ0) is 25.5. The van der Waals surface area contributed by atoms with Gasteiger partial charge in [-0.3, -0.25) is 14.5 Å². The summed E-state index contributed by atoms with van der Waals surface area (Å²) in [5.41, 5.74) is 2.18. The van der Waals surface area contributed by atoms with Crippen LogP contribution < -0.4 is 9.64 Å². The highest BCUT2D eigenvalue weighted by Crippen LogP contribution is 2.44. The number of halogens is 1. The molecule has 2 heterocycles. The molecule has 0 spiro atoms. The van der Waals surface area contributed by atoms with E-state index in [1.165, 1.54) is 11.2 Å². The summed E-state index contributed by atoms with van der Waals surface area (Å²) in [4.78, 5) is 28.0. The minimum atomic E-state index is -0.952. The van der Waals surface area contributed by atoms with E-state index in [1.54, 1.807) is 48.5 Å². The van der Waals surface area contributed by atoms with Crippen LogP contribution in [0.4, 0.5) is 5.69 Å². The van der Waals surface area contributed by atoms with Crippen LogP contribution in [0.25, 0.3) is 5.76 Å². The normalized spacial score (nSPS) is 17.8. The molecule has 1 atom stereocenters. The summed E-state index contributed by atoms with van der Waals surface area (Å²) in [6, 6.07) is 12.8. The number of furan rings is 1. The van der Waals surface area contributed by atoms with Crippen molar-refractivity contribution in [1.29, 1.82) is 0 Å². The fraction of sp³-hybridized carbons (Fsp3) is 0.286. The van der Waals surface area contributed by atoms with E-state index in [9.17, 15) is 14.7 Å². The number of anilines is 1. The van der Waals surface area contributed by atoms with Gasteiger partial charge in [0, 0.05) is 21.8 Å². The van der Waals surface area contributed by atoms with E-state index >= 15 is 0 Å². The van der Waals surface area contributed by atoms with Crippen LogP contribution >= 0.6 is 11.6 Å². The fourth-order valence-corrected chi connectivity index (χ4v) is 4.51. The number of amides is 1. The smallest absolute Gasteiger partial charge is 0.300 e. The molecule has 1 aliphatic heterocycles. The van der Waals surface area contributed by atoms with Gasteiger partial charge in [-0.2, -0.15) is 0 Å². The molecule has 1 unspecified atom stereocenters. The number of hydrogen-bond donors (Lipinski definition) is 1. The Bertz CT molecular complexity index is 1320. The molecule has 1 N–H and O–H groups in total. The SMILES string of the molecule is CCOc1ccc(/C(O)=C2/C(=O)C(=O)N(c3cc(Cl)ccc3C)C2c2ccco2)cc1C(C)(C)C. The van der Waals surface area contributed by atoms with Gasteiger partial charge in [-0.05, 0) is 67.3 Å². The summed E-state index contributed by atoms with van der Waals surface area (Å²) in [6.07, 6.45) is 1.47. The lowest BCUT2D eigenvalue weighted by Crippen LogP contribution is -2.30. The van der Waals surface area contributed by atoms with Gasteiger partial charge >= 0.3 is 0 Å². The van der Waals surface area contributed by atoms with Gasteiger partial charge in [0.2, 0.25) is 0 Å². The largest absolute Gasteiger partial charge is 0.507 e. The highest BCUT2D eigenvalue weighted by Gasteiger charge is 2.48. The highest BCUT2D eigenvalue weighted by molar-refractivity contribution is 6.51. The minimum Gasteiger partial charge on any atom is -0.507 e. The predicted molar refractivity (Wildman–Crippen MR) is 136 cm³/mol. The number of aliphatic hydroxyl groups excluding tert-OH is 1. The number of rotatable bonds is 5. The third-order valence-corrected chi connectivity index (χ3v) is 6.28. The maximum atomic E-state index is 13.3. The maximum Gasteiger partial charge on any atom is 0.300 e. The Morgan fingerprint density at radius 1 is 1.14 bits per heavy atom. The lowest BCUT2D eigenvalue weighted by atomic mass is 9.84. The maximum absolute atomic E-state index is 13.3. The number of nitrogens with zero attached hydrogens (tertiary/aromatic N) is 1. The molecule has 0 aliphatic carbocycles. The predicted octanol–water partition coefficient (Wildman–Crippen LogP) is 6.56. The van der Waals surface area contributed by atoms with Crippen LogP contribution in [0.5, 0.6) is 5.75 Å². The number of aliphatic hydroxyl groups is 1. The molecule has 0 radical (unpaired) electrons. The third-order valence-electron chi connectivity index (χ3n) is 6.05. The molecule has 0 bridgehead atoms. The second kappa shape index (κ2) is 9.27. The molecule has 1 fully saturated rings. The van der Waals surface area contributed by atoms with Crippen molar-refractivity contribution in [2.75, 3.05) is 11.5 Å². The summed E-state index contributed by atoms with van der Waals surface area (Å²) in [5.74, 6) is -0.781. The summed E-state index contributed by atoms with van der Waals surface area (Å²) in [7, 11) is 0. The van der Waals surface area contributed by atoms with Crippen LogP contribution in [-0.2, 0) is 15.0 Å². The van der Waals surface area contributed by atoms with Crippen molar-refractivity contribution in [3.05, 3.63) is 87.8 Å². The number of carbonyl (C=O) groups excluding carboxylic acids is 2. The van der Waals surface area contributed by atoms with Crippen LogP contribution in [-0.4, -0.2) is 23.4 Å². The average molecular weight is 494 g/mol. The van der Waals surface area contributed by atoms with Crippen LogP contribution in [0.1, 0.15) is 56.2 Å². The molecule has 6 nitrogen and oxygen atoms in total. The molecule has 1 aromatic heterocycles. The zero-order valence-corrected chi connectivity index (χ0v) is 21.1. The Balaban J connectivity index is 1.94. The van der Waals surface area contributed by atoms with Crippen LogP contribution in [0.2, 0.25) is 5.02 Å². The van der Waals surface area contributed by atoms with Gasteiger partial charge in [-0.25, -0.2) is 0 Å². The van der Waals surface area contributed by atoms with Gasteiger partial charge < -0.3 is 14.3 Å². The first-order valence-corrected chi connectivity index (χ1v) is 11.8. The number of ether oxygens (including phenoxy) is 1. The first-order valence-electron chi connectivity index (χ1n) is 11.4. The van der Waals surface area contributed by atoms with Crippen LogP contribution in [0.3, 0.4) is 0 Å². The molecular formula is C28H28ClNO5. The molecule has 35 heavy (non-hydrogen) atoms. The first kappa shape index (κ1) is 24.6. The highest BCUT2D eigenvalue weighted by atomic mass is 35.5. The molecule has 7 heteroatoms. The van der Waals surface area contributed by atoms with Gasteiger partial charge in [0.15, 0.2) is 0 Å². The summed E-state index contributed by atoms with van der Waals surface area (Å²) >= 11 is 6.23. The second-order valence-electron chi connectivity index (χ2n) is 9.51. The van der Waals surface area contributed by atoms with Gasteiger partial charge in [0.25, 0.3) is 11.7 Å². The van der Waals surface area contributed by atoms with Crippen molar-refractivity contribution < 1.29 is 23.8 Å². The molecule has 4 rings (SSSR count). The Morgan fingerprint density at radius 2 is 1.89 bits per heavy atom. The summed E-state index contributed by atoms with van der Waals surface area (Å²) < 4.78 is 11.4. The van der Waals surface area contributed by atoms with Crippen molar-refractivity contribution in [2.24, 2.45) is 0 Å². The monoisotopic (exact) mass is 493 g/mol. The van der Waals surface area contributed by atoms with Crippen LogP contribution in [0.15, 0.2) is 64.8 Å². The summed E-state index contributed by atoms with van der Waals surface area (Å²) in [6.45, 7) is 10.3. The van der Waals surface area contributed by atoms with Gasteiger partial charge in [0.05, 0.1) is 18.4 Å². The van der Waals surface area contributed by atoms with Gasteiger partial charge in [-0.1, -0.05) is 38.4 Å². The lowest BCUT2D eigenvalue weighted by molar-refractivity contribution is -0.132. The number of carbonyl (C=O) groups is 2. The van der Waals surface area contributed by atoms with Crippen molar-refractivity contribution in [2.45, 2.75) is 46.1 Å². The summed E-state index contributed by atoms with van der Waals surface area (Å²) in [5, 5.41) is 11.9. The third kappa shape index (κ3) is 4.46. The van der Waals surface area contributed by atoms with Crippen molar-refractivity contribution >= 4 is 34.7 Å². The fourth-order valence-electron chi connectivity index (χ4n) is 4.34. The van der Waals surface area contributed by atoms with Crippen molar-refractivity contribution in [3.8, 4) is 5.75 Å². The number of hydrogen-bond acceptors (Lipinski definition) is 5. The van der Waals surface area contributed by atoms with E-state index in [0.717, 1.165) is 11.1 Å². The Labute approximate surface area is 209 Å². The van der Waals surface area contributed by atoms with E-state index < -0.39 is 17.7 Å². The Hall–Kier alpha value is -3.51. The standard InChI is InChI=1S/C28H28ClNO5/c1-6-34-21-12-10-17(14-19(21)28(3,4)5)25(31)23-24(22-8-7-13-35-22)30(27(33)26(23)32)20-15-18(29)11-9-16(20)2/h7-15,24,31H,6H2,1-5H3/b25-23-. The Kier molecular flexibility index (Phi) is 6.52. The van der Waals surface area contributed by atoms with E-state index in [0.29, 0.717) is 34.4 Å². The molecule has 0 saturated carbocycles. The average Bonchev–Trinajstić information content (AvgIpc) is 3.42. The van der Waals surface area contributed by atoms with E-state index in [4.69, 9.17) is 20.8 Å². The van der Waals surface area contributed by atoms with Crippen molar-refractivity contribution in [3.63, 3.8) is 0 Å². The van der Waals surface area contributed by atoms with Gasteiger partial charge in [0.1, 0.15) is 23.3 Å². The lowest BCUT2D eigenvalue weighted by Gasteiger charge is -2.25. The Morgan fingerprint density at radius 3 is 2.51 bits per heavy atom. The molecule has 3 aromatic rings. The molecular weight excluding hydrogens is 466 g/mol. The minimum absolute atomic E-state index is 0.0478. The molecule has 1 aliphatic rings. The number of benzene rings is 2. The van der Waals surface area contributed by atoms with Crippen molar-refractivity contribution in [1.82, 2.24) is 0 Å². The number of aryl methyl sites for hydroxylation is 1. The van der Waals surface area contributed by atoms with Gasteiger partial charge in [-0.15, -0.1) is 0 Å². The molecule has 182 valence electrons. The first-order chi connectivity index (χ1) is 16.5. The molecule has 1 amide bonds.